The van der Waals surface area contributed by atoms with Gasteiger partial charge in [-0.15, -0.1) is 0 Å². The summed E-state index contributed by atoms with van der Waals surface area (Å²) in [5, 5.41) is 22.2. The third kappa shape index (κ3) is 4.54. The Morgan fingerprint density at radius 2 is 1.72 bits per heavy atom. The largest absolute Gasteiger partial charge is 0.388 e. The molecule has 1 aliphatic rings. The van der Waals surface area contributed by atoms with E-state index in [1.165, 1.54) is 5.56 Å². The summed E-state index contributed by atoms with van der Waals surface area (Å²) in [6, 6.07) is 8.24. The normalized spacial score (nSPS) is 19.9. The maximum atomic E-state index is 11.4. The summed E-state index contributed by atoms with van der Waals surface area (Å²) < 4.78 is 0.965. The second kappa shape index (κ2) is 7.93. The molecule has 158 valence electrons. The highest BCUT2D eigenvalue weighted by molar-refractivity contribution is 14.1. The molecule has 1 unspecified atom stereocenters. The average molecular weight is 507 g/mol. The van der Waals surface area contributed by atoms with E-state index < -0.39 is 12.2 Å². The Morgan fingerprint density at radius 3 is 2.24 bits per heavy atom. The molecule has 1 aromatic carbocycles. The van der Waals surface area contributed by atoms with Gasteiger partial charge in [-0.1, -0.05) is 72.7 Å². The average Bonchev–Trinajstić information content (AvgIpc) is 2.58. The number of halogens is 1. The maximum absolute atomic E-state index is 11.4. The van der Waals surface area contributed by atoms with Crippen LogP contribution in [0.3, 0.4) is 0 Å². The molecule has 0 radical (unpaired) electrons. The van der Waals surface area contributed by atoms with Crippen molar-refractivity contribution in [1.29, 1.82) is 0 Å². The molecule has 0 fully saturated rings. The van der Waals surface area contributed by atoms with Crippen molar-refractivity contribution in [2.24, 2.45) is 5.41 Å². The van der Waals surface area contributed by atoms with Crippen molar-refractivity contribution in [2.45, 2.75) is 84.8 Å². The Labute approximate surface area is 189 Å². The molecule has 4 heteroatoms. The van der Waals surface area contributed by atoms with Gasteiger partial charge in [0.25, 0.3) is 0 Å². The van der Waals surface area contributed by atoms with Gasteiger partial charge < -0.3 is 10.2 Å². The fraction of sp³-hybridized carbons (Fsp3) is 0.560. The summed E-state index contributed by atoms with van der Waals surface area (Å²) in [6.07, 6.45) is 0.275. The molecule has 0 saturated heterocycles. The van der Waals surface area contributed by atoms with Crippen LogP contribution in [0.25, 0.3) is 0 Å². The van der Waals surface area contributed by atoms with Gasteiger partial charge in [0.2, 0.25) is 0 Å². The van der Waals surface area contributed by atoms with Crippen LogP contribution in [-0.4, -0.2) is 15.2 Å². The number of aliphatic hydroxyl groups is 2. The van der Waals surface area contributed by atoms with Crippen LogP contribution >= 0.6 is 22.6 Å². The minimum Gasteiger partial charge on any atom is -0.388 e. The van der Waals surface area contributed by atoms with Crippen molar-refractivity contribution in [1.82, 2.24) is 4.98 Å². The number of benzene rings is 1. The Kier molecular flexibility index (Phi) is 6.21. The number of nitrogens with zero attached hydrogens (tertiary/aromatic N) is 1. The smallest absolute Gasteiger partial charge is 0.107 e. The Morgan fingerprint density at radius 1 is 1.14 bits per heavy atom. The van der Waals surface area contributed by atoms with Gasteiger partial charge in [0.15, 0.2) is 0 Å². The zero-order chi connectivity index (χ0) is 21.7. The standard InChI is InChI=1S/C25H34INO2/c1-14(2)22-20(23(29)15-8-10-16(11-9-15)24(3,4)5)21(26)19-17(27-22)12-25(6,7)13-18(19)28/h8-11,14,18,23,28-29H,12-13H2,1-7H3/t18?,23-/m0/s1. The van der Waals surface area contributed by atoms with Crippen molar-refractivity contribution in [3.8, 4) is 0 Å². The van der Waals surface area contributed by atoms with Crippen LogP contribution in [-0.2, 0) is 11.8 Å². The third-order valence-electron chi connectivity index (χ3n) is 5.95. The predicted molar refractivity (Wildman–Crippen MR) is 127 cm³/mol. The van der Waals surface area contributed by atoms with Gasteiger partial charge in [-0.05, 0) is 63.3 Å². The van der Waals surface area contributed by atoms with Crippen LogP contribution in [0.4, 0.5) is 0 Å². The molecule has 2 N–H and O–H groups in total. The fourth-order valence-corrected chi connectivity index (χ4v) is 5.55. The second-order valence-corrected chi connectivity index (χ2v) is 11.7. The summed E-state index contributed by atoms with van der Waals surface area (Å²) in [5.41, 5.74) is 5.89. The number of rotatable bonds is 3. The van der Waals surface area contributed by atoms with Crippen LogP contribution in [0.15, 0.2) is 24.3 Å². The van der Waals surface area contributed by atoms with E-state index in [9.17, 15) is 10.2 Å². The van der Waals surface area contributed by atoms with E-state index in [2.05, 4.69) is 83.2 Å². The van der Waals surface area contributed by atoms with E-state index >= 15 is 0 Å². The van der Waals surface area contributed by atoms with E-state index in [0.29, 0.717) is 6.42 Å². The molecule has 0 spiro atoms. The molecule has 3 rings (SSSR count). The van der Waals surface area contributed by atoms with E-state index in [-0.39, 0.29) is 16.7 Å². The second-order valence-electron chi connectivity index (χ2n) is 10.6. The molecule has 3 nitrogen and oxygen atoms in total. The number of fused-ring (bicyclic) bond motifs is 1. The first kappa shape index (κ1) is 22.7. The zero-order valence-electron chi connectivity index (χ0n) is 18.7. The molecule has 1 aliphatic carbocycles. The molecule has 2 atom stereocenters. The lowest BCUT2D eigenvalue weighted by Crippen LogP contribution is -2.29. The predicted octanol–water partition coefficient (Wildman–Crippen LogP) is 6.19. The minimum atomic E-state index is -0.756. The minimum absolute atomic E-state index is 0.0274. The first-order chi connectivity index (χ1) is 13.3. The molecule has 0 aliphatic heterocycles. The van der Waals surface area contributed by atoms with Gasteiger partial charge in [0, 0.05) is 20.4 Å². The number of aliphatic hydroxyl groups excluding tert-OH is 2. The number of pyridine rings is 1. The summed E-state index contributed by atoms with van der Waals surface area (Å²) in [5.74, 6) is 0.189. The molecular weight excluding hydrogens is 473 g/mol. The van der Waals surface area contributed by atoms with E-state index in [0.717, 1.165) is 38.1 Å². The van der Waals surface area contributed by atoms with Crippen molar-refractivity contribution in [3.63, 3.8) is 0 Å². The van der Waals surface area contributed by atoms with Gasteiger partial charge in [-0.2, -0.15) is 0 Å². The van der Waals surface area contributed by atoms with Gasteiger partial charge >= 0.3 is 0 Å². The first-order valence-corrected chi connectivity index (χ1v) is 11.6. The first-order valence-electron chi connectivity index (χ1n) is 10.5. The topological polar surface area (TPSA) is 53.4 Å². The quantitative estimate of drug-likeness (QED) is 0.487. The fourth-order valence-electron chi connectivity index (χ4n) is 4.31. The lowest BCUT2D eigenvalue weighted by Gasteiger charge is -2.36. The molecule has 29 heavy (non-hydrogen) atoms. The van der Waals surface area contributed by atoms with Crippen molar-refractivity contribution >= 4 is 22.6 Å². The molecule has 2 aromatic rings. The van der Waals surface area contributed by atoms with Gasteiger partial charge in [0.1, 0.15) is 6.10 Å². The van der Waals surface area contributed by atoms with Crippen LogP contribution in [0.5, 0.6) is 0 Å². The third-order valence-corrected chi connectivity index (χ3v) is 7.12. The molecule has 0 amide bonds. The number of hydrogen-bond acceptors (Lipinski definition) is 3. The zero-order valence-corrected chi connectivity index (χ0v) is 20.8. The van der Waals surface area contributed by atoms with Crippen molar-refractivity contribution in [2.75, 3.05) is 0 Å². The number of aromatic nitrogens is 1. The molecule has 1 heterocycles. The summed E-state index contributed by atoms with van der Waals surface area (Å²) in [7, 11) is 0. The maximum Gasteiger partial charge on any atom is 0.107 e. The van der Waals surface area contributed by atoms with E-state index in [1.54, 1.807) is 0 Å². The Balaban J connectivity index is 2.12. The van der Waals surface area contributed by atoms with E-state index in [1.807, 2.05) is 12.1 Å². The number of hydrogen-bond donors (Lipinski definition) is 2. The Hall–Kier alpha value is -0.980. The molecule has 0 bridgehead atoms. The highest BCUT2D eigenvalue weighted by atomic mass is 127. The SMILES string of the molecule is CC(C)c1nc2c(c(I)c1[C@@H](O)c1ccc(C(C)(C)C)cc1)C(O)CC(C)(C)C2. The summed E-state index contributed by atoms with van der Waals surface area (Å²) >= 11 is 2.31. The van der Waals surface area contributed by atoms with Crippen LogP contribution in [0.1, 0.15) is 107 Å². The van der Waals surface area contributed by atoms with E-state index in [4.69, 9.17) is 4.98 Å². The summed E-state index contributed by atoms with van der Waals surface area (Å²) in [6.45, 7) is 15.2. The van der Waals surface area contributed by atoms with Crippen LogP contribution < -0.4 is 0 Å². The van der Waals surface area contributed by atoms with Crippen LogP contribution in [0, 0.1) is 8.99 Å². The molecule has 1 aromatic heterocycles. The van der Waals surface area contributed by atoms with Gasteiger partial charge in [-0.25, -0.2) is 0 Å². The summed E-state index contributed by atoms with van der Waals surface area (Å²) in [4.78, 5) is 5.00. The molecular formula is C25H34INO2. The lowest BCUT2D eigenvalue weighted by atomic mass is 9.74. The highest BCUT2D eigenvalue weighted by Gasteiger charge is 2.36. The Bertz CT molecular complexity index is 895. The highest BCUT2D eigenvalue weighted by Crippen LogP contribution is 2.45. The van der Waals surface area contributed by atoms with Gasteiger partial charge in [-0.3, -0.25) is 4.98 Å². The van der Waals surface area contributed by atoms with Gasteiger partial charge in [0.05, 0.1) is 11.8 Å². The molecule has 0 saturated carbocycles. The van der Waals surface area contributed by atoms with Crippen molar-refractivity contribution < 1.29 is 10.2 Å². The van der Waals surface area contributed by atoms with Crippen LogP contribution in [0.2, 0.25) is 0 Å². The monoisotopic (exact) mass is 507 g/mol. The lowest BCUT2D eigenvalue weighted by molar-refractivity contribution is 0.0966. The van der Waals surface area contributed by atoms with Crippen molar-refractivity contribution in [3.05, 3.63) is 61.5 Å².